The Kier molecular flexibility index (Phi) is 7.60. The number of fused-ring (bicyclic) bond motifs is 1. The van der Waals surface area contributed by atoms with E-state index in [0.29, 0.717) is 40.3 Å². The summed E-state index contributed by atoms with van der Waals surface area (Å²) in [4.78, 5) is 32.2. The van der Waals surface area contributed by atoms with E-state index in [1.807, 2.05) is 11.9 Å². The van der Waals surface area contributed by atoms with Gasteiger partial charge in [0.25, 0.3) is 5.56 Å². The van der Waals surface area contributed by atoms with Gasteiger partial charge in [0.05, 0.1) is 29.8 Å². The molecular formula is C21H28ClN3O3S. The van der Waals surface area contributed by atoms with Gasteiger partial charge in [0.1, 0.15) is 0 Å². The minimum atomic E-state index is -0.145. The molecule has 6 nitrogen and oxygen atoms in total. The van der Waals surface area contributed by atoms with Crippen LogP contribution >= 0.6 is 23.4 Å². The number of amides is 1. The van der Waals surface area contributed by atoms with Gasteiger partial charge < -0.3 is 9.64 Å². The van der Waals surface area contributed by atoms with E-state index in [0.717, 1.165) is 18.8 Å². The minimum Gasteiger partial charge on any atom is -0.383 e. The smallest absolute Gasteiger partial charge is 0.262 e. The first-order valence-electron chi connectivity index (χ1n) is 9.98. The summed E-state index contributed by atoms with van der Waals surface area (Å²) in [5, 5.41) is 1.55. The number of thioether (sulfide) groups is 1. The first-order chi connectivity index (χ1) is 13.9. The summed E-state index contributed by atoms with van der Waals surface area (Å²) in [5.74, 6) is 1.05. The summed E-state index contributed by atoms with van der Waals surface area (Å²) in [7, 11) is 3.48. The van der Waals surface area contributed by atoms with Crippen molar-refractivity contribution in [3.63, 3.8) is 0 Å². The molecule has 29 heavy (non-hydrogen) atoms. The van der Waals surface area contributed by atoms with E-state index in [2.05, 4.69) is 11.9 Å². The standard InChI is InChI=1S/C21H28ClN3O3S/c1-14-4-7-16(8-5-14)24(2)19(26)13-29-21-23-18-12-15(22)6-9-17(18)20(27)25(21)10-11-28-3/h6,9,12,14,16H,4-5,7-8,10-11,13H2,1-3H3. The van der Waals surface area contributed by atoms with Crippen LogP contribution < -0.4 is 5.56 Å². The second kappa shape index (κ2) is 9.96. The molecule has 0 aliphatic heterocycles. The van der Waals surface area contributed by atoms with Crippen molar-refractivity contribution in [2.45, 2.75) is 50.4 Å². The fourth-order valence-electron chi connectivity index (χ4n) is 3.73. The Hall–Kier alpha value is -1.57. The molecule has 8 heteroatoms. The second-order valence-corrected chi connectivity index (χ2v) is 9.09. The highest BCUT2D eigenvalue weighted by atomic mass is 35.5. The highest BCUT2D eigenvalue weighted by Crippen LogP contribution is 2.27. The van der Waals surface area contributed by atoms with Gasteiger partial charge in [0, 0.05) is 25.2 Å². The van der Waals surface area contributed by atoms with E-state index in [-0.39, 0.29) is 17.2 Å². The molecule has 0 N–H and O–H groups in total. The number of halogens is 1. The topological polar surface area (TPSA) is 64.4 Å². The van der Waals surface area contributed by atoms with Gasteiger partial charge in [-0.1, -0.05) is 30.3 Å². The average Bonchev–Trinajstić information content (AvgIpc) is 2.71. The van der Waals surface area contributed by atoms with Gasteiger partial charge in [-0.3, -0.25) is 14.2 Å². The molecule has 2 aromatic rings. The Bertz CT molecular complexity index is 925. The highest BCUT2D eigenvalue weighted by Gasteiger charge is 2.25. The number of ether oxygens (including phenoxy) is 1. The molecule has 1 amide bonds. The van der Waals surface area contributed by atoms with Crippen LogP contribution in [0.4, 0.5) is 0 Å². The maximum Gasteiger partial charge on any atom is 0.262 e. The molecule has 1 aromatic carbocycles. The fourth-order valence-corrected chi connectivity index (χ4v) is 4.84. The van der Waals surface area contributed by atoms with Crippen LogP contribution in [0.2, 0.25) is 5.02 Å². The summed E-state index contributed by atoms with van der Waals surface area (Å²) in [6.07, 6.45) is 4.44. The quantitative estimate of drug-likeness (QED) is 0.486. The van der Waals surface area contributed by atoms with Crippen molar-refractivity contribution in [3.8, 4) is 0 Å². The largest absolute Gasteiger partial charge is 0.383 e. The first kappa shape index (κ1) is 22.1. The van der Waals surface area contributed by atoms with Crippen LogP contribution in [-0.2, 0) is 16.1 Å². The van der Waals surface area contributed by atoms with Crippen molar-refractivity contribution in [1.82, 2.24) is 14.5 Å². The van der Waals surface area contributed by atoms with Crippen molar-refractivity contribution >= 4 is 40.2 Å². The van der Waals surface area contributed by atoms with Crippen LogP contribution in [0.5, 0.6) is 0 Å². The van der Waals surface area contributed by atoms with Gasteiger partial charge in [0.2, 0.25) is 5.91 Å². The third kappa shape index (κ3) is 5.32. The van der Waals surface area contributed by atoms with Crippen molar-refractivity contribution in [1.29, 1.82) is 0 Å². The second-order valence-electron chi connectivity index (χ2n) is 7.71. The van der Waals surface area contributed by atoms with Crippen LogP contribution in [0, 0.1) is 5.92 Å². The minimum absolute atomic E-state index is 0.0632. The number of hydrogen-bond donors (Lipinski definition) is 0. The first-order valence-corrected chi connectivity index (χ1v) is 11.3. The summed E-state index contributed by atoms with van der Waals surface area (Å²) in [5.41, 5.74) is 0.397. The highest BCUT2D eigenvalue weighted by molar-refractivity contribution is 7.99. The van der Waals surface area contributed by atoms with Crippen molar-refractivity contribution in [2.75, 3.05) is 26.5 Å². The lowest BCUT2D eigenvalue weighted by atomic mass is 9.87. The third-order valence-electron chi connectivity index (χ3n) is 5.65. The zero-order chi connectivity index (χ0) is 21.0. The number of carbonyl (C=O) groups excluding carboxylic acids is 1. The third-order valence-corrected chi connectivity index (χ3v) is 6.85. The van der Waals surface area contributed by atoms with E-state index in [4.69, 9.17) is 16.3 Å². The molecule has 0 atom stereocenters. The molecule has 0 bridgehead atoms. The normalized spacial score (nSPS) is 19.4. The molecule has 0 unspecified atom stereocenters. The van der Waals surface area contributed by atoms with Crippen LogP contribution in [0.25, 0.3) is 10.9 Å². The van der Waals surface area contributed by atoms with E-state index >= 15 is 0 Å². The molecule has 1 fully saturated rings. The summed E-state index contributed by atoms with van der Waals surface area (Å²) >= 11 is 7.37. The zero-order valence-electron chi connectivity index (χ0n) is 17.2. The molecule has 1 saturated carbocycles. The van der Waals surface area contributed by atoms with Gasteiger partial charge in [-0.05, 0) is 49.8 Å². The Morgan fingerprint density at radius 3 is 2.76 bits per heavy atom. The Balaban J connectivity index is 1.78. The van der Waals surface area contributed by atoms with Gasteiger partial charge in [-0.15, -0.1) is 0 Å². The number of hydrogen-bond acceptors (Lipinski definition) is 5. The van der Waals surface area contributed by atoms with Crippen molar-refractivity contribution in [3.05, 3.63) is 33.6 Å². The molecule has 1 aromatic heterocycles. The Labute approximate surface area is 180 Å². The lowest BCUT2D eigenvalue weighted by Gasteiger charge is -2.33. The number of carbonyl (C=O) groups is 1. The van der Waals surface area contributed by atoms with Gasteiger partial charge in [0.15, 0.2) is 5.16 Å². The molecule has 0 radical (unpaired) electrons. The fraction of sp³-hybridized carbons (Fsp3) is 0.571. The maximum atomic E-state index is 12.9. The molecule has 1 aliphatic carbocycles. The lowest BCUT2D eigenvalue weighted by molar-refractivity contribution is -0.129. The molecular weight excluding hydrogens is 410 g/mol. The monoisotopic (exact) mass is 437 g/mol. The van der Waals surface area contributed by atoms with Crippen LogP contribution in [0.1, 0.15) is 32.6 Å². The van der Waals surface area contributed by atoms with Gasteiger partial charge in [-0.25, -0.2) is 4.98 Å². The molecule has 0 saturated heterocycles. The number of aromatic nitrogens is 2. The number of rotatable bonds is 7. The Morgan fingerprint density at radius 1 is 1.34 bits per heavy atom. The van der Waals surface area contributed by atoms with Crippen molar-refractivity contribution in [2.24, 2.45) is 5.92 Å². The molecule has 3 rings (SSSR count). The predicted molar refractivity (Wildman–Crippen MR) is 118 cm³/mol. The lowest BCUT2D eigenvalue weighted by Crippen LogP contribution is -2.40. The molecule has 158 valence electrons. The summed E-state index contributed by atoms with van der Waals surface area (Å²) < 4.78 is 6.73. The van der Waals surface area contributed by atoms with Gasteiger partial charge in [-0.2, -0.15) is 0 Å². The number of methoxy groups -OCH3 is 1. The predicted octanol–water partition coefficient (Wildman–Crippen LogP) is 3.83. The molecule has 1 heterocycles. The summed E-state index contributed by atoms with van der Waals surface area (Å²) in [6, 6.07) is 5.36. The Morgan fingerprint density at radius 2 is 2.07 bits per heavy atom. The SMILES string of the molecule is COCCn1c(SCC(=O)N(C)C2CCC(C)CC2)nc2cc(Cl)ccc2c1=O. The summed E-state index contributed by atoms with van der Waals surface area (Å²) in [6.45, 7) is 3.04. The van der Waals surface area contributed by atoms with Crippen molar-refractivity contribution < 1.29 is 9.53 Å². The van der Waals surface area contributed by atoms with Crippen LogP contribution in [-0.4, -0.2) is 52.9 Å². The van der Waals surface area contributed by atoms with E-state index in [1.54, 1.807) is 29.9 Å². The van der Waals surface area contributed by atoms with E-state index in [9.17, 15) is 9.59 Å². The molecule has 1 aliphatic rings. The maximum absolute atomic E-state index is 12.9. The molecule has 0 spiro atoms. The number of nitrogens with zero attached hydrogens (tertiary/aromatic N) is 3. The van der Waals surface area contributed by atoms with Crippen LogP contribution in [0.15, 0.2) is 28.2 Å². The van der Waals surface area contributed by atoms with Gasteiger partial charge >= 0.3 is 0 Å². The average molecular weight is 438 g/mol. The number of benzene rings is 1. The van der Waals surface area contributed by atoms with E-state index in [1.165, 1.54) is 24.6 Å². The van der Waals surface area contributed by atoms with Crippen LogP contribution in [0.3, 0.4) is 0 Å². The zero-order valence-corrected chi connectivity index (χ0v) is 18.8. The van der Waals surface area contributed by atoms with E-state index < -0.39 is 0 Å².